The second kappa shape index (κ2) is 6.89. The van der Waals surface area contributed by atoms with Crippen molar-refractivity contribution in [2.45, 2.75) is 33.1 Å². The van der Waals surface area contributed by atoms with Crippen LogP contribution in [0.2, 0.25) is 0 Å². The molecule has 0 spiro atoms. The van der Waals surface area contributed by atoms with Crippen LogP contribution in [0, 0.1) is 13.8 Å². The van der Waals surface area contributed by atoms with Crippen LogP contribution in [0.25, 0.3) is 0 Å². The van der Waals surface area contributed by atoms with E-state index in [1.807, 2.05) is 25.3 Å². The summed E-state index contributed by atoms with van der Waals surface area (Å²) < 4.78 is 0. The van der Waals surface area contributed by atoms with Gasteiger partial charge in [-0.15, -0.1) is 0 Å². The quantitative estimate of drug-likeness (QED) is 0.847. The van der Waals surface area contributed by atoms with Crippen molar-refractivity contribution in [3.8, 4) is 0 Å². The Balaban J connectivity index is 1.69. The van der Waals surface area contributed by atoms with E-state index in [1.54, 1.807) is 0 Å². The Morgan fingerprint density at radius 1 is 1.25 bits per heavy atom. The van der Waals surface area contributed by atoms with Gasteiger partial charge in [0, 0.05) is 31.3 Å². The van der Waals surface area contributed by atoms with Crippen LogP contribution in [-0.2, 0) is 17.6 Å². The monoisotopic (exact) mass is 271 g/mol. The summed E-state index contributed by atoms with van der Waals surface area (Å²) in [6.07, 6.45) is 3.93. The number of rotatable bonds is 6. The number of aryl methyl sites for hydroxylation is 3. The van der Waals surface area contributed by atoms with Gasteiger partial charge in [-0.2, -0.15) is 0 Å². The second-order valence-corrected chi connectivity index (χ2v) is 5.02. The Labute approximate surface area is 119 Å². The number of carbonyl (C=O) groups is 1. The molecule has 0 aliphatic heterocycles. The first-order valence-corrected chi connectivity index (χ1v) is 6.97. The van der Waals surface area contributed by atoms with Gasteiger partial charge in [-0.25, -0.2) is 4.98 Å². The number of aromatic amines is 1. The van der Waals surface area contributed by atoms with Gasteiger partial charge in [0.15, 0.2) is 0 Å². The normalized spacial score (nSPS) is 10.5. The molecule has 0 bridgehead atoms. The lowest BCUT2D eigenvalue weighted by Crippen LogP contribution is -2.26. The fraction of sp³-hybridized carbons (Fsp3) is 0.375. The van der Waals surface area contributed by atoms with Gasteiger partial charge < -0.3 is 10.3 Å². The van der Waals surface area contributed by atoms with E-state index in [1.165, 1.54) is 11.1 Å². The smallest absolute Gasteiger partial charge is 0.220 e. The van der Waals surface area contributed by atoms with Crippen molar-refractivity contribution in [3.05, 3.63) is 53.1 Å². The molecule has 0 aliphatic carbocycles. The van der Waals surface area contributed by atoms with Crippen molar-refractivity contribution in [3.63, 3.8) is 0 Å². The predicted octanol–water partition coefficient (Wildman–Crippen LogP) is 2.32. The molecule has 0 atom stereocenters. The molecule has 0 fully saturated rings. The number of benzene rings is 1. The van der Waals surface area contributed by atoms with Crippen molar-refractivity contribution < 1.29 is 4.79 Å². The first-order chi connectivity index (χ1) is 9.65. The maximum atomic E-state index is 11.8. The first-order valence-electron chi connectivity index (χ1n) is 6.97. The summed E-state index contributed by atoms with van der Waals surface area (Å²) >= 11 is 0. The fourth-order valence-corrected chi connectivity index (χ4v) is 2.16. The summed E-state index contributed by atoms with van der Waals surface area (Å²) in [6, 6.07) is 8.19. The highest BCUT2D eigenvalue weighted by atomic mass is 16.1. The summed E-state index contributed by atoms with van der Waals surface area (Å²) in [7, 11) is 0. The number of aromatic nitrogens is 2. The maximum Gasteiger partial charge on any atom is 0.220 e. The molecule has 0 saturated heterocycles. The number of nitrogens with zero attached hydrogens (tertiary/aromatic N) is 1. The van der Waals surface area contributed by atoms with E-state index < -0.39 is 0 Å². The van der Waals surface area contributed by atoms with Crippen LogP contribution in [0.1, 0.15) is 29.1 Å². The summed E-state index contributed by atoms with van der Waals surface area (Å²) in [4.78, 5) is 19.1. The maximum absolute atomic E-state index is 11.8. The van der Waals surface area contributed by atoms with Crippen LogP contribution in [-0.4, -0.2) is 22.4 Å². The Hall–Kier alpha value is -2.10. The summed E-state index contributed by atoms with van der Waals surface area (Å²) in [6.45, 7) is 4.65. The van der Waals surface area contributed by atoms with Crippen molar-refractivity contribution in [1.29, 1.82) is 0 Å². The molecule has 0 unspecified atom stereocenters. The third-order valence-electron chi connectivity index (χ3n) is 3.35. The van der Waals surface area contributed by atoms with E-state index in [-0.39, 0.29) is 5.91 Å². The summed E-state index contributed by atoms with van der Waals surface area (Å²) in [5.41, 5.74) is 3.54. The molecule has 1 aromatic heterocycles. The van der Waals surface area contributed by atoms with Gasteiger partial charge in [-0.3, -0.25) is 4.79 Å². The molecule has 1 amide bonds. The molecule has 1 heterocycles. The Kier molecular flexibility index (Phi) is 4.93. The number of nitrogens with one attached hydrogen (secondary N) is 2. The minimum absolute atomic E-state index is 0.101. The molecule has 20 heavy (non-hydrogen) atoms. The Bertz CT molecular complexity index is 575. The number of H-pyrrole nitrogens is 1. The minimum Gasteiger partial charge on any atom is -0.356 e. The van der Waals surface area contributed by atoms with Crippen LogP contribution in [0.15, 0.2) is 30.5 Å². The third kappa shape index (κ3) is 4.23. The lowest BCUT2D eigenvalue weighted by molar-refractivity contribution is -0.121. The molecule has 106 valence electrons. The predicted molar refractivity (Wildman–Crippen MR) is 79.5 cm³/mol. The van der Waals surface area contributed by atoms with Gasteiger partial charge >= 0.3 is 0 Å². The highest BCUT2D eigenvalue weighted by Gasteiger charge is 2.04. The zero-order valence-electron chi connectivity index (χ0n) is 12.1. The first kappa shape index (κ1) is 14.3. The lowest BCUT2D eigenvalue weighted by atomic mass is 10.0. The van der Waals surface area contributed by atoms with E-state index >= 15 is 0 Å². The van der Waals surface area contributed by atoms with Crippen molar-refractivity contribution in [2.75, 3.05) is 6.54 Å². The van der Waals surface area contributed by atoms with Crippen LogP contribution < -0.4 is 5.32 Å². The standard InChI is InChI=1S/C16H21N3O/c1-12-5-3-4-6-14(12)7-8-16(20)17-10-9-15-11-18-13(2)19-15/h3-6,11H,7-10H2,1-2H3,(H,17,20)(H,18,19). The number of amides is 1. The average molecular weight is 271 g/mol. The zero-order chi connectivity index (χ0) is 14.4. The minimum atomic E-state index is 0.101. The molecular formula is C16H21N3O. The summed E-state index contributed by atoms with van der Waals surface area (Å²) in [5, 5.41) is 2.94. The van der Waals surface area contributed by atoms with E-state index in [9.17, 15) is 4.79 Å². The largest absolute Gasteiger partial charge is 0.356 e. The van der Waals surface area contributed by atoms with E-state index in [0.717, 1.165) is 24.4 Å². The molecule has 2 N–H and O–H groups in total. The van der Waals surface area contributed by atoms with Gasteiger partial charge in [0.2, 0.25) is 5.91 Å². The second-order valence-electron chi connectivity index (χ2n) is 5.02. The van der Waals surface area contributed by atoms with Crippen LogP contribution in [0.3, 0.4) is 0 Å². The Morgan fingerprint density at radius 2 is 2.05 bits per heavy atom. The van der Waals surface area contributed by atoms with Crippen LogP contribution in [0.5, 0.6) is 0 Å². The van der Waals surface area contributed by atoms with E-state index in [4.69, 9.17) is 0 Å². The van der Waals surface area contributed by atoms with Gasteiger partial charge in [0.25, 0.3) is 0 Å². The number of imidazole rings is 1. The molecule has 2 aromatic rings. The molecule has 4 heteroatoms. The van der Waals surface area contributed by atoms with E-state index in [0.29, 0.717) is 13.0 Å². The third-order valence-corrected chi connectivity index (χ3v) is 3.35. The van der Waals surface area contributed by atoms with Gasteiger partial charge in [-0.1, -0.05) is 24.3 Å². The van der Waals surface area contributed by atoms with Gasteiger partial charge in [0.05, 0.1) is 0 Å². The van der Waals surface area contributed by atoms with Gasteiger partial charge in [-0.05, 0) is 31.4 Å². The number of carbonyl (C=O) groups excluding carboxylic acids is 1. The van der Waals surface area contributed by atoms with Crippen LogP contribution in [0.4, 0.5) is 0 Å². The van der Waals surface area contributed by atoms with Crippen molar-refractivity contribution in [2.24, 2.45) is 0 Å². The fourth-order valence-electron chi connectivity index (χ4n) is 2.16. The number of hydrogen-bond acceptors (Lipinski definition) is 2. The molecule has 1 aromatic carbocycles. The van der Waals surface area contributed by atoms with E-state index in [2.05, 4.69) is 34.3 Å². The van der Waals surface area contributed by atoms with Crippen molar-refractivity contribution >= 4 is 5.91 Å². The Morgan fingerprint density at radius 3 is 2.75 bits per heavy atom. The highest BCUT2D eigenvalue weighted by molar-refractivity contribution is 5.76. The molecule has 0 aliphatic rings. The molecule has 0 saturated carbocycles. The zero-order valence-corrected chi connectivity index (χ0v) is 12.1. The molecule has 2 rings (SSSR count). The molecule has 4 nitrogen and oxygen atoms in total. The van der Waals surface area contributed by atoms with Crippen LogP contribution >= 0.6 is 0 Å². The highest BCUT2D eigenvalue weighted by Crippen LogP contribution is 2.09. The van der Waals surface area contributed by atoms with Crippen molar-refractivity contribution in [1.82, 2.24) is 15.3 Å². The topological polar surface area (TPSA) is 57.8 Å². The molecular weight excluding hydrogens is 250 g/mol. The molecule has 0 radical (unpaired) electrons. The summed E-state index contributed by atoms with van der Waals surface area (Å²) in [5.74, 6) is 1.01. The lowest BCUT2D eigenvalue weighted by Gasteiger charge is -2.06. The average Bonchev–Trinajstić information content (AvgIpc) is 2.83. The van der Waals surface area contributed by atoms with Gasteiger partial charge in [0.1, 0.15) is 5.82 Å². The SMILES string of the molecule is Cc1ncc(CCNC(=O)CCc2ccccc2C)[nH]1. The number of hydrogen-bond donors (Lipinski definition) is 2.